The van der Waals surface area contributed by atoms with E-state index < -0.39 is 0 Å². The molecule has 0 aromatic heterocycles. The second-order valence-electron chi connectivity index (χ2n) is 7.22. The maximum Gasteiger partial charge on any atom is 0.204 e. The molecule has 6 nitrogen and oxygen atoms in total. The molecule has 1 heterocycles. The number of nitrogens with zero attached hydrogens (tertiary/aromatic N) is 1. The Balaban J connectivity index is 0.00000133. The highest BCUT2D eigenvalue weighted by molar-refractivity contribution is 5.42. The van der Waals surface area contributed by atoms with Crippen LogP contribution in [0.3, 0.4) is 0 Å². The van der Waals surface area contributed by atoms with Crippen LogP contribution in [0, 0.1) is 0 Å². The number of benzene rings is 1. The second-order valence-corrected chi connectivity index (χ2v) is 7.22. The van der Waals surface area contributed by atoms with E-state index in [1.54, 1.807) is 7.11 Å². The Hall–Kier alpha value is -1.47. The molecule has 1 aromatic carbocycles. The summed E-state index contributed by atoms with van der Waals surface area (Å²) in [4.78, 5) is 11.1. The van der Waals surface area contributed by atoms with Crippen LogP contribution in [0.1, 0.15) is 58.2 Å². The van der Waals surface area contributed by atoms with Gasteiger partial charge in [-0.3, -0.25) is 9.69 Å². The summed E-state index contributed by atoms with van der Waals surface area (Å²) >= 11 is 0. The molecule has 2 N–H and O–H groups in total. The van der Waals surface area contributed by atoms with Crippen molar-refractivity contribution in [2.24, 2.45) is 5.73 Å². The third-order valence-corrected chi connectivity index (χ3v) is 4.09. The van der Waals surface area contributed by atoms with Gasteiger partial charge in [-0.2, -0.15) is 0 Å². The van der Waals surface area contributed by atoms with E-state index in [0.29, 0.717) is 12.6 Å². The molecule has 0 spiro atoms. The lowest BCUT2D eigenvalue weighted by Gasteiger charge is -2.35. The Morgan fingerprint density at radius 1 is 1.18 bits per heavy atom. The lowest BCUT2D eigenvalue weighted by atomic mass is 10.00. The van der Waals surface area contributed by atoms with Crippen LogP contribution in [-0.2, 0) is 25.6 Å². The number of amides is 1. The fraction of sp³-hybridized carbons (Fsp3) is 0.682. The zero-order chi connectivity index (χ0) is 21.4. The summed E-state index contributed by atoms with van der Waals surface area (Å²) in [6.45, 7) is 15.4. The fourth-order valence-corrected chi connectivity index (χ4v) is 2.93. The third kappa shape index (κ3) is 11.4. The fourth-order valence-electron chi connectivity index (χ4n) is 2.93. The van der Waals surface area contributed by atoms with E-state index in [-0.39, 0.29) is 12.0 Å². The molecule has 1 aromatic rings. The molecule has 162 valence electrons. The van der Waals surface area contributed by atoms with Gasteiger partial charge in [0.05, 0.1) is 25.4 Å². The van der Waals surface area contributed by atoms with Gasteiger partial charge in [0.2, 0.25) is 6.41 Å². The Morgan fingerprint density at radius 3 is 2.18 bits per heavy atom. The highest BCUT2D eigenvalue weighted by Crippen LogP contribution is 2.26. The molecule has 28 heavy (non-hydrogen) atoms. The van der Waals surface area contributed by atoms with Gasteiger partial charge in [-0.1, -0.05) is 38.1 Å². The normalized spacial score (nSPS) is 15.5. The van der Waals surface area contributed by atoms with Crippen molar-refractivity contribution in [1.29, 1.82) is 0 Å². The standard InChI is InChI=1S/C19H31NO3.C2H6.CH3NO/c1-19(2,3)23-12-9-18(20-10-13-22-14-11-20)17-7-5-16(6-8-17)15-21-4;1-2;2-1-3/h5-8,18H,9-15H2,1-4H3;1-2H3;1H,(H2,2,3). The summed E-state index contributed by atoms with van der Waals surface area (Å²) in [7, 11) is 1.73. The van der Waals surface area contributed by atoms with Crippen LogP contribution in [0.25, 0.3) is 0 Å². The van der Waals surface area contributed by atoms with Crippen molar-refractivity contribution in [3.8, 4) is 0 Å². The van der Waals surface area contributed by atoms with Crippen LogP contribution in [0.5, 0.6) is 0 Å². The molecule has 1 unspecified atom stereocenters. The highest BCUT2D eigenvalue weighted by atomic mass is 16.5. The van der Waals surface area contributed by atoms with Gasteiger partial charge < -0.3 is 19.9 Å². The van der Waals surface area contributed by atoms with Gasteiger partial charge in [0, 0.05) is 32.8 Å². The Morgan fingerprint density at radius 2 is 1.71 bits per heavy atom. The first-order valence-corrected chi connectivity index (χ1v) is 10.1. The summed E-state index contributed by atoms with van der Waals surface area (Å²) in [5.41, 5.74) is 6.64. The lowest BCUT2D eigenvalue weighted by Crippen LogP contribution is -2.39. The van der Waals surface area contributed by atoms with Crippen LogP contribution < -0.4 is 5.73 Å². The molecule has 1 aliphatic heterocycles. The number of ether oxygens (including phenoxy) is 3. The Labute approximate surface area is 171 Å². The number of carbonyl (C=O) groups excluding carboxylic acids is 1. The minimum atomic E-state index is -0.0854. The molecule has 0 bridgehead atoms. The predicted molar refractivity (Wildman–Crippen MR) is 114 cm³/mol. The van der Waals surface area contributed by atoms with E-state index in [4.69, 9.17) is 19.0 Å². The van der Waals surface area contributed by atoms with Gasteiger partial charge in [0.25, 0.3) is 0 Å². The van der Waals surface area contributed by atoms with E-state index in [0.717, 1.165) is 39.3 Å². The highest BCUT2D eigenvalue weighted by Gasteiger charge is 2.23. The molecular formula is C22H40N2O4. The zero-order valence-electron chi connectivity index (χ0n) is 18.6. The summed E-state index contributed by atoms with van der Waals surface area (Å²) < 4.78 is 16.7. The topological polar surface area (TPSA) is 74.0 Å². The first-order valence-electron chi connectivity index (χ1n) is 10.1. The molecule has 0 radical (unpaired) electrons. The van der Waals surface area contributed by atoms with E-state index in [1.165, 1.54) is 11.1 Å². The quantitative estimate of drug-likeness (QED) is 0.714. The lowest BCUT2D eigenvalue weighted by molar-refractivity contribution is -0.106. The smallest absolute Gasteiger partial charge is 0.204 e. The predicted octanol–water partition coefficient (Wildman–Crippen LogP) is 3.54. The van der Waals surface area contributed by atoms with Crippen molar-refractivity contribution >= 4 is 6.41 Å². The summed E-state index contributed by atoms with van der Waals surface area (Å²) in [5.74, 6) is 0. The number of hydrogen-bond acceptors (Lipinski definition) is 5. The Bertz CT molecular complexity index is 494. The molecule has 1 amide bonds. The van der Waals surface area contributed by atoms with E-state index in [2.05, 4.69) is 55.7 Å². The first kappa shape index (κ1) is 26.5. The van der Waals surface area contributed by atoms with Gasteiger partial charge in [-0.05, 0) is 38.3 Å². The minimum Gasteiger partial charge on any atom is -0.380 e. The monoisotopic (exact) mass is 396 g/mol. The number of primary amides is 1. The van der Waals surface area contributed by atoms with E-state index >= 15 is 0 Å². The van der Waals surface area contributed by atoms with Crippen LogP contribution in [0.4, 0.5) is 0 Å². The van der Waals surface area contributed by atoms with Crippen LogP contribution >= 0.6 is 0 Å². The third-order valence-electron chi connectivity index (χ3n) is 4.09. The van der Waals surface area contributed by atoms with Crippen molar-refractivity contribution in [2.45, 2.75) is 59.3 Å². The first-order chi connectivity index (χ1) is 13.4. The molecule has 0 aliphatic carbocycles. The summed E-state index contributed by atoms with van der Waals surface area (Å²) in [5, 5.41) is 0. The average Bonchev–Trinajstić information content (AvgIpc) is 2.68. The van der Waals surface area contributed by atoms with Crippen molar-refractivity contribution in [3.05, 3.63) is 35.4 Å². The van der Waals surface area contributed by atoms with Crippen molar-refractivity contribution in [1.82, 2.24) is 4.90 Å². The number of nitrogens with two attached hydrogens (primary N) is 1. The molecule has 1 atom stereocenters. The van der Waals surface area contributed by atoms with Crippen molar-refractivity contribution in [2.75, 3.05) is 40.0 Å². The zero-order valence-corrected chi connectivity index (χ0v) is 18.6. The van der Waals surface area contributed by atoms with Gasteiger partial charge in [-0.15, -0.1) is 0 Å². The summed E-state index contributed by atoms with van der Waals surface area (Å²) in [6.07, 6.45) is 1.25. The number of hydrogen-bond donors (Lipinski definition) is 1. The van der Waals surface area contributed by atoms with Crippen LogP contribution in [0.2, 0.25) is 0 Å². The van der Waals surface area contributed by atoms with Crippen molar-refractivity contribution < 1.29 is 19.0 Å². The summed E-state index contributed by atoms with van der Waals surface area (Å²) in [6, 6.07) is 9.17. The van der Waals surface area contributed by atoms with Gasteiger partial charge >= 0.3 is 0 Å². The second kappa shape index (κ2) is 15.5. The molecule has 0 saturated carbocycles. The largest absolute Gasteiger partial charge is 0.380 e. The van der Waals surface area contributed by atoms with Crippen LogP contribution in [-0.4, -0.2) is 56.9 Å². The Kier molecular flexibility index (Phi) is 14.6. The van der Waals surface area contributed by atoms with Crippen LogP contribution in [0.15, 0.2) is 24.3 Å². The van der Waals surface area contributed by atoms with E-state index in [1.807, 2.05) is 13.8 Å². The number of carbonyl (C=O) groups is 1. The molecular weight excluding hydrogens is 356 g/mol. The molecule has 2 rings (SSSR count). The SMILES string of the molecule is CC.COCc1ccc(C(CCOC(C)(C)C)N2CCOCC2)cc1.NC=O. The van der Waals surface area contributed by atoms with Gasteiger partial charge in [0.15, 0.2) is 0 Å². The number of rotatable bonds is 7. The number of morpholine rings is 1. The van der Waals surface area contributed by atoms with Gasteiger partial charge in [0.1, 0.15) is 0 Å². The molecule has 6 heteroatoms. The average molecular weight is 397 g/mol. The van der Waals surface area contributed by atoms with E-state index in [9.17, 15) is 0 Å². The molecule has 1 fully saturated rings. The van der Waals surface area contributed by atoms with Crippen molar-refractivity contribution in [3.63, 3.8) is 0 Å². The minimum absolute atomic E-state index is 0.0854. The number of methoxy groups -OCH3 is 1. The van der Waals surface area contributed by atoms with Gasteiger partial charge in [-0.25, -0.2) is 0 Å². The maximum atomic E-state index is 8.58. The molecule has 1 aliphatic rings. The molecule has 1 saturated heterocycles. The maximum absolute atomic E-state index is 8.58.